The van der Waals surface area contributed by atoms with E-state index in [1.165, 1.54) is 0 Å². The molecule has 1 atom stereocenters. The van der Waals surface area contributed by atoms with Gasteiger partial charge in [-0.3, -0.25) is 4.79 Å². The number of carbonyl (C=O) groups is 1. The first kappa shape index (κ1) is 12.4. The zero-order valence-electron chi connectivity index (χ0n) is 9.86. The summed E-state index contributed by atoms with van der Waals surface area (Å²) < 4.78 is 5.59. The average molecular weight is 254 g/mol. The van der Waals surface area contributed by atoms with Gasteiger partial charge in [-0.1, -0.05) is 11.6 Å². The van der Waals surface area contributed by atoms with Gasteiger partial charge in [-0.25, -0.2) is 0 Å². The summed E-state index contributed by atoms with van der Waals surface area (Å²) in [5.74, 6) is 0. The van der Waals surface area contributed by atoms with Gasteiger partial charge in [0.05, 0.1) is 6.10 Å². The smallest absolute Gasteiger partial charge is 0.152 e. The van der Waals surface area contributed by atoms with E-state index in [4.69, 9.17) is 16.3 Å². The van der Waals surface area contributed by atoms with Gasteiger partial charge in [0, 0.05) is 36.5 Å². The highest BCUT2D eigenvalue weighted by Crippen LogP contribution is 2.24. The van der Waals surface area contributed by atoms with Crippen molar-refractivity contribution >= 4 is 23.6 Å². The van der Waals surface area contributed by atoms with Crippen molar-refractivity contribution < 1.29 is 9.53 Å². The second-order valence-electron chi connectivity index (χ2n) is 4.34. The average Bonchev–Trinajstić information content (AvgIpc) is 2.81. The molecule has 1 saturated heterocycles. The molecule has 3 nitrogen and oxygen atoms in total. The molecule has 2 rings (SSSR count). The summed E-state index contributed by atoms with van der Waals surface area (Å²) in [6.45, 7) is 1.63. The van der Waals surface area contributed by atoms with Crippen LogP contribution in [0, 0.1) is 0 Å². The zero-order valence-corrected chi connectivity index (χ0v) is 10.6. The number of carbonyl (C=O) groups excluding carboxylic acids is 1. The summed E-state index contributed by atoms with van der Waals surface area (Å²) in [7, 11) is 1.96. The summed E-state index contributed by atoms with van der Waals surface area (Å²) in [4.78, 5) is 13.0. The molecule has 0 spiro atoms. The Bertz CT molecular complexity index is 402. The first-order valence-corrected chi connectivity index (χ1v) is 6.16. The lowest BCUT2D eigenvalue weighted by Crippen LogP contribution is -2.29. The van der Waals surface area contributed by atoms with Crippen LogP contribution in [0.4, 0.5) is 5.69 Å². The van der Waals surface area contributed by atoms with E-state index in [0.717, 1.165) is 38.0 Å². The van der Waals surface area contributed by atoms with Gasteiger partial charge in [0.15, 0.2) is 6.29 Å². The van der Waals surface area contributed by atoms with Crippen LogP contribution in [0.15, 0.2) is 18.2 Å². The highest BCUT2D eigenvalue weighted by molar-refractivity contribution is 6.31. The highest BCUT2D eigenvalue weighted by Gasteiger charge is 2.18. The predicted molar refractivity (Wildman–Crippen MR) is 69.1 cm³/mol. The van der Waals surface area contributed by atoms with Crippen LogP contribution in [0.1, 0.15) is 23.2 Å². The molecule has 1 unspecified atom stereocenters. The number of hydrogen-bond donors (Lipinski definition) is 0. The van der Waals surface area contributed by atoms with Crippen LogP contribution in [-0.2, 0) is 4.74 Å². The molecule has 1 fully saturated rings. The van der Waals surface area contributed by atoms with Crippen molar-refractivity contribution in [2.45, 2.75) is 18.9 Å². The molecule has 0 aromatic heterocycles. The number of anilines is 1. The van der Waals surface area contributed by atoms with Crippen molar-refractivity contribution in [2.75, 3.05) is 25.1 Å². The van der Waals surface area contributed by atoms with Gasteiger partial charge in [0.1, 0.15) is 0 Å². The van der Waals surface area contributed by atoms with Gasteiger partial charge in [0.2, 0.25) is 0 Å². The summed E-state index contributed by atoms with van der Waals surface area (Å²) in [6.07, 6.45) is 3.33. The number of rotatable bonds is 4. The van der Waals surface area contributed by atoms with Crippen LogP contribution in [0.3, 0.4) is 0 Å². The Balaban J connectivity index is 2.13. The maximum Gasteiger partial charge on any atom is 0.152 e. The minimum absolute atomic E-state index is 0.262. The minimum Gasteiger partial charge on any atom is -0.376 e. The Labute approximate surface area is 106 Å². The number of nitrogens with zero attached hydrogens (tertiary/aromatic N) is 1. The summed E-state index contributed by atoms with van der Waals surface area (Å²) in [5.41, 5.74) is 1.53. The molecule has 0 aliphatic carbocycles. The molecule has 0 radical (unpaired) electrons. The number of hydrogen-bond acceptors (Lipinski definition) is 3. The van der Waals surface area contributed by atoms with Crippen LogP contribution < -0.4 is 4.90 Å². The van der Waals surface area contributed by atoms with E-state index in [0.29, 0.717) is 10.6 Å². The lowest BCUT2D eigenvalue weighted by atomic mass is 10.1. The van der Waals surface area contributed by atoms with Crippen LogP contribution in [0.25, 0.3) is 0 Å². The molecule has 0 saturated carbocycles. The quantitative estimate of drug-likeness (QED) is 0.773. The van der Waals surface area contributed by atoms with Gasteiger partial charge in [-0.15, -0.1) is 0 Å². The Morgan fingerprint density at radius 2 is 2.41 bits per heavy atom. The third-order valence-electron chi connectivity index (χ3n) is 3.03. The fourth-order valence-corrected chi connectivity index (χ4v) is 2.31. The van der Waals surface area contributed by atoms with E-state index in [1.807, 2.05) is 18.0 Å². The summed E-state index contributed by atoms with van der Waals surface area (Å²) in [6, 6.07) is 5.30. The third kappa shape index (κ3) is 2.99. The SMILES string of the molecule is CN(CC1CCCO1)c1cc(Cl)ccc1C=O. The monoisotopic (exact) mass is 253 g/mol. The molecule has 0 N–H and O–H groups in total. The Morgan fingerprint density at radius 1 is 1.59 bits per heavy atom. The fourth-order valence-electron chi connectivity index (χ4n) is 2.14. The van der Waals surface area contributed by atoms with E-state index in [1.54, 1.807) is 12.1 Å². The molecule has 1 aliphatic heterocycles. The number of benzene rings is 1. The Morgan fingerprint density at radius 3 is 3.06 bits per heavy atom. The molecular formula is C13H16ClNO2. The molecule has 17 heavy (non-hydrogen) atoms. The van der Waals surface area contributed by atoms with Crippen molar-refractivity contribution in [3.8, 4) is 0 Å². The number of halogens is 1. The number of likely N-dealkylation sites (N-methyl/N-ethyl adjacent to an activating group) is 1. The van der Waals surface area contributed by atoms with Crippen molar-refractivity contribution in [3.05, 3.63) is 28.8 Å². The maximum absolute atomic E-state index is 11.0. The lowest BCUT2D eigenvalue weighted by molar-refractivity contribution is 0.111. The van der Waals surface area contributed by atoms with E-state index < -0.39 is 0 Å². The van der Waals surface area contributed by atoms with E-state index >= 15 is 0 Å². The molecular weight excluding hydrogens is 238 g/mol. The topological polar surface area (TPSA) is 29.5 Å². The van der Waals surface area contributed by atoms with Crippen LogP contribution >= 0.6 is 11.6 Å². The minimum atomic E-state index is 0.262. The van der Waals surface area contributed by atoms with Crippen LogP contribution in [0.5, 0.6) is 0 Å². The van der Waals surface area contributed by atoms with Gasteiger partial charge in [-0.2, -0.15) is 0 Å². The maximum atomic E-state index is 11.0. The van der Waals surface area contributed by atoms with Crippen molar-refractivity contribution in [1.29, 1.82) is 0 Å². The molecule has 92 valence electrons. The van der Waals surface area contributed by atoms with E-state index in [2.05, 4.69) is 0 Å². The highest BCUT2D eigenvalue weighted by atomic mass is 35.5. The van der Waals surface area contributed by atoms with Crippen molar-refractivity contribution in [2.24, 2.45) is 0 Å². The van der Waals surface area contributed by atoms with Crippen molar-refractivity contribution in [1.82, 2.24) is 0 Å². The van der Waals surface area contributed by atoms with Gasteiger partial charge in [-0.05, 0) is 31.0 Å². The molecule has 1 aliphatic rings. The van der Waals surface area contributed by atoms with E-state index in [9.17, 15) is 4.79 Å². The fraction of sp³-hybridized carbons (Fsp3) is 0.462. The van der Waals surface area contributed by atoms with Crippen LogP contribution in [-0.4, -0.2) is 32.6 Å². The second-order valence-corrected chi connectivity index (χ2v) is 4.77. The molecule has 1 aromatic rings. The normalized spacial score (nSPS) is 19.3. The molecule has 1 aromatic carbocycles. The largest absolute Gasteiger partial charge is 0.376 e. The van der Waals surface area contributed by atoms with Gasteiger partial charge in [0.25, 0.3) is 0 Å². The van der Waals surface area contributed by atoms with Crippen LogP contribution in [0.2, 0.25) is 5.02 Å². The number of ether oxygens (including phenoxy) is 1. The van der Waals surface area contributed by atoms with Gasteiger partial charge >= 0.3 is 0 Å². The summed E-state index contributed by atoms with van der Waals surface area (Å²) >= 11 is 5.96. The standard InChI is InChI=1S/C13H16ClNO2/c1-15(8-12-3-2-6-17-12)13-7-11(14)5-4-10(13)9-16/h4-5,7,9,12H,2-3,6,8H2,1H3. The molecule has 0 amide bonds. The zero-order chi connectivity index (χ0) is 12.3. The molecule has 0 bridgehead atoms. The Hall–Kier alpha value is -1.06. The Kier molecular flexibility index (Phi) is 4.02. The lowest BCUT2D eigenvalue weighted by Gasteiger charge is -2.24. The predicted octanol–water partition coefficient (Wildman–Crippen LogP) is 2.77. The third-order valence-corrected chi connectivity index (χ3v) is 3.27. The summed E-state index contributed by atoms with van der Waals surface area (Å²) in [5, 5.41) is 0.643. The first-order valence-electron chi connectivity index (χ1n) is 5.78. The van der Waals surface area contributed by atoms with Crippen molar-refractivity contribution in [3.63, 3.8) is 0 Å². The first-order chi connectivity index (χ1) is 8.20. The molecule has 4 heteroatoms. The van der Waals surface area contributed by atoms with Gasteiger partial charge < -0.3 is 9.64 Å². The molecule has 1 heterocycles. The second kappa shape index (κ2) is 5.52. The number of aldehydes is 1. The van der Waals surface area contributed by atoms with E-state index in [-0.39, 0.29) is 6.10 Å².